The number of carbonyl (C=O) groups is 1. The number of ether oxygens (including phenoxy) is 1. The molecule has 0 saturated carbocycles. The Morgan fingerprint density at radius 2 is 2.00 bits per heavy atom. The highest BCUT2D eigenvalue weighted by atomic mass is 79.9. The molecule has 2 aromatic carbocycles. The van der Waals surface area contributed by atoms with E-state index in [0.717, 1.165) is 10.0 Å². The van der Waals surface area contributed by atoms with Crippen LogP contribution in [-0.2, 0) is 0 Å². The highest BCUT2D eigenvalue weighted by molar-refractivity contribution is 9.10. The fourth-order valence-electron chi connectivity index (χ4n) is 1.73. The Kier molecular flexibility index (Phi) is 5.09. The Morgan fingerprint density at radius 1 is 1.24 bits per heavy atom. The van der Waals surface area contributed by atoms with E-state index < -0.39 is 0 Å². The molecule has 0 aromatic heterocycles. The Morgan fingerprint density at radius 3 is 2.71 bits per heavy atom. The Bertz CT molecular complexity index is 677. The third-order valence-electron chi connectivity index (χ3n) is 2.82. The lowest BCUT2D eigenvalue weighted by Gasteiger charge is -2.11. The van der Waals surface area contributed by atoms with Gasteiger partial charge in [-0.05, 0) is 52.7 Å². The zero-order valence-corrected chi connectivity index (χ0v) is 13.9. The van der Waals surface area contributed by atoms with Gasteiger partial charge in [0, 0.05) is 21.2 Å². The van der Waals surface area contributed by atoms with Crippen LogP contribution in [0.25, 0.3) is 0 Å². The van der Waals surface area contributed by atoms with Gasteiger partial charge in [-0.3, -0.25) is 0 Å². The van der Waals surface area contributed by atoms with Crippen molar-refractivity contribution in [3.05, 3.63) is 51.5 Å². The SMILES string of the molecule is COc1cccc(NC(=O)Nc2cc(Cl)c(C)cc2Br)c1. The second-order valence-electron chi connectivity index (χ2n) is 4.39. The molecule has 0 bridgehead atoms. The zero-order valence-electron chi connectivity index (χ0n) is 11.5. The number of rotatable bonds is 3. The minimum Gasteiger partial charge on any atom is -0.497 e. The molecule has 2 rings (SSSR count). The van der Waals surface area contributed by atoms with Crippen molar-refractivity contribution < 1.29 is 9.53 Å². The van der Waals surface area contributed by atoms with Crippen molar-refractivity contribution in [1.82, 2.24) is 0 Å². The number of methoxy groups -OCH3 is 1. The highest BCUT2D eigenvalue weighted by Crippen LogP contribution is 2.29. The first-order valence-electron chi connectivity index (χ1n) is 6.17. The number of nitrogens with one attached hydrogen (secondary N) is 2. The van der Waals surface area contributed by atoms with Crippen molar-refractivity contribution in [2.45, 2.75) is 6.92 Å². The van der Waals surface area contributed by atoms with E-state index >= 15 is 0 Å². The summed E-state index contributed by atoms with van der Waals surface area (Å²) in [5, 5.41) is 6.07. The van der Waals surface area contributed by atoms with Gasteiger partial charge >= 0.3 is 6.03 Å². The third kappa shape index (κ3) is 4.12. The van der Waals surface area contributed by atoms with E-state index in [0.29, 0.717) is 22.1 Å². The fourth-order valence-corrected chi connectivity index (χ4v) is 2.45. The molecule has 0 fully saturated rings. The summed E-state index contributed by atoms with van der Waals surface area (Å²) >= 11 is 9.46. The first-order chi connectivity index (χ1) is 9.99. The van der Waals surface area contributed by atoms with Crippen molar-refractivity contribution in [1.29, 1.82) is 0 Å². The van der Waals surface area contributed by atoms with Crippen LogP contribution in [0.5, 0.6) is 5.75 Å². The maximum atomic E-state index is 12.0. The van der Waals surface area contributed by atoms with Crippen LogP contribution in [-0.4, -0.2) is 13.1 Å². The minimum absolute atomic E-state index is 0.358. The van der Waals surface area contributed by atoms with Gasteiger partial charge in [-0.2, -0.15) is 0 Å². The van der Waals surface area contributed by atoms with Crippen LogP contribution >= 0.6 is 27.5 Å². The summed E-state index contributed by atoms with van der Waals surface area (Å²) in [6, 6.07) is 10.3. The van der Waals surface area contributed by atoms with Gasteiger partial charge in [0.1, 0.15) is 5.75 Å². The molecule has 2 N–H and O–H groups in total. The van der Waals surface area contributed by atoms with Crippen molar-refractivity contribution >= 4 is 44.9 Å². The van der Waals surface area contributed by atoms with E-state index in [9.17, 15) is 4.79 Å². The second kappa shape index (κ2) is 6.83. The van der Waals surface area contributed by atoms with Gasteiger partial charge in [0.2, 0.25) is 0 Å². The largest absolute Gasteiger partial charge is 0.497 e. The molecule has 110 valence electrons. The van der Waals surface area contributed by atoms with Crippen molar-refractivity contribution in [3.63, 3.8) is 0 Å². The van der Waals surface area contributed by atoms with E-state index in [2.05, 4.69) is 26.6 Å². The number of benzene rings is 2. The van der Waals surface area contributed by atoms with Gasteiger partial charge in [-0.15, -0.1) is 0 Å². The van der Waals surface area contributed by atoms with Gasteiger partial charge in [0.25, 0.3) is 0 Å². The highest BCUT2D eigenvalue weighted by Gasteiger charge is 2.08. The average molecular weight is 370 g/mol. The lowest BCUT2D eigenvalue weighted by atomic mass is 10.2. The molecule has 0 heterocycles. The summed E-state index contributed by atoms with van der Waals surface area (Å²) in [6.07, 6.45) is 0. The Hall–Kier alpha value is -1.72. The van der Waals surface area contributed by atoms with Gasteiger partial charge in [0.15, 0.2) is 0 Å². The number of anilines is 2. The molecule has 0 aliphatic rings. The van der Waals surface area contributed by atoms with E-state index in [-0.39, 0.29) is 6.03 Å². The lowest BCUT2D eigenvalue weighted by molar-refractivity contribution is 0.262. The molecular weight excluding hydrogens is 356 g/mol. The molecule has 2 amide bonds. The summed E-state index contributed by atoms with van der Waals surface area (Å²) in [5.74, 6) is 0.673. The topological polar surface area (TPSA) is 50.4 Å². The van der Waals surface area contributed by atoms with Gasteiger partial charge in [-0.25, -0.2) is 4.79 Å². The second-order valence-corrected chi connectivity index (χ2v) is 5.65. The maximum absolute atomic E-state index is 12.0. The van der Waals surface area contributed by atoms with Gasteiger partial charge in [-0.1, -0.05) is 17.7 Å². The molecule has 0 aliphatic carbocycles. The molecule has 0 saturated heterocycles. The third-order valence-corrected chi connectivity index (χ3v) is 3.89. The smallest absolute Gasteiger partial charge is 0.323 e. The van der Waals surface area contributed by atoms with E-state index in [1.54, 1.807) is 37.4 Å². The van der Waals surface area contributed by atoms with Crippen LogP contribution in [0.4, 0.5) is 16.2 Å². The number of hydrogen-bond donors (Lipinski definition) is 2. The molecule has 4 nitrogen and oxygen atoms in total. The summed E-state index contributed by atoms with van der Waals surface area (Å²) < 4.78 is 5.87. The number of halogens is 2. The van der Waals surface area contributed by atoms with E-state index in [1.165, 1.54) is 0 Å². The average Bonchev–Trinajstić information content (AvgIpc) is 2.45. The monoisotopic (exact) mass is 368 g/mol. The van der Waals surface area contributed by atoms with Gasteiger partial charge < -0.3 is 15.4 Å². The Balaban J connectivity index is 2.09. The molecule has 2 aromatic rings. The molecule has 0 aliphatic heterocycles. The quantitative estimate of drug-likeness (QED) is 0.794. The normalized spacial score (nSPS) is 10.1. The Labute approximate surface area is 136 Å². The number of aryl methyl sites for hydroxylation is 1. The van der Waals surface area contributed by atoms with Crippen LogP contribution in [0.15, 0.2) is 40.9 Å². The van der Waals surface area contributed by atoms with Crippen LogP contribution in [0.1, 0.15) is 5.56 Å². The minimum atomic E-state index is -0.358. The number of hydrogen-bond acceptors (Lipinski definition) is 2. The van der Waals surface area contributed by atoms with Crippen LogP contribution in [0.2, 0.25) is 5.02 Å². The molecule has 0 radical (unpaired) electrons. The lowest BCUT2D eigenvalue weighted by Crippen LogP contribution is -2.19. The predicted molar refractivity (Wildman–Crippen MR) is 89.5 cm³/mol. The first kappa shape index (κ1) is 15.7. The van der Waals surface area contributed by atoms with Crippen molar-refractivity contribution in [2.24, 2.45) is 0 Å². The number of urea groups is 1. The summed E-state index contributed by atoms with van der Waals surface area (Å²) in [4.78, 5) is 12.0. The summed E-state index contributed by atoms with van der Waals surface area (Å²) in [7, 11) is 1.57. The number of amides is 2. The summed E-state index contributed by atoms with van der Waals surface area (Å²) in [6.45, 7) is 1.90. The predicted octanol–water partition coefficient (Wildman–Crippen LogP) is 5.06. The number of carbonyl (C=O) groups excluding carboxylic acids is 1. The van der Waals surface area contributed by atoms with Crippen LogP contribution < -0.4 is 15.4 Å². The standard InChI is InChI=1S/C15H14BrClN2O2/c1-9-6-12(16)14(8-13(9)17)19-15(20)18-10-4-3-5-11(7-10)21-2/h3-8H,1-2H3,(H2,18,19,20). The van der Waals surface area contributed by atoms with E-state index in [1.807, 2.05) is 13.0 Å². The molecular formula is C15H14BrClN2O2. The van der Waals surface area contributed by atoms with Crippen molar-refractivity contribution in [2.75, 3.05) is 17.7 Å². The van der Waals surface area contributed by atoms with Gasteiger partial charge in [0.05, 0.1) is 12.8 Å². The molecule has 0 spiro atoms. The molecule has 0 atom stereocenters. The maximum Gasteiger partial charge on any atom is 0.323 e. The van der Waals surface area contributed by atoms with Crippen molar-refractivity contribution in [3.8, 4) is 5.75 Å². The molecule has 6 heteroatoms. The van der Waals surface area contributed by atoms with E-state index in [4.69, 9.17) is 16.3 Å². The summed E-state index contributed by atoms with van der Waals surface area (Å²) in [5.41, 5.74) is 2.18. The first-order valence-corrected chi connectivity index (χ1v) is 7.34. The zero-order chi connectivity index (χ0) is 15.4. The molecule has 21 heavy (non-hydrogen) atoms. The fraction of sp³-hybridized carbons (Fsp3) is 0.133. The molecule has 0 unspecified atom stereocenters. The van der Waals surface area contributed by atoms with Crippen LogP contribution in [0, 0.1) is 6.92 Å². The van der Waals surface area contributed by atoms with Crippen LogP contribution in [0.3, 0.4) is 0 Å².